The Balaban J connectivity index is 1.73. The van der Waals surface area contributed by atoms with Gasteiger partial charge >= 0.3 is 5.97 Å². The Morgan fingerprint density at radius 2 is 2.24 bits per heavy atom. The molecule has 3 atom stereocenters. The first-order valence-electron chi connectivity index (χ1n) is 7.67. The van der Waals surface area contributed by atoms with Gasteiger partial charge in [-0.05, 0) is 42.9 Å². The van der Waals surface area contributed by atoms with Crippen molar-refractivity contribution in [2.75, 3.05) is 18.1 Å². The number of aliphatic carboxylic acids is 1. The van der Waals surface area contributed by atoms with Crippen LogP contribution in [0.15, 0.2) is 30.3 Å². The molecule has 1 N–H and O–H groups in total. The molecular formula is C17H22O3S. The molecule has 0 aromatic heterocycles. The van der Waals surface area contributed by atoms with Crippen molar-refractivity contribution >= 4 is 17.7 Å². The minimum atomic E-state index is -0.661. The van der Waals surface area contributed by atoms with E-state index in [1.54, 1.807) is 0 Å². The summed E-state index contributed by atoms with van der Waals surface area (Å²) in [6.45, 7) is 0.712. The summed E-state index contributed by atoms with van der Waals surface area (Å²) in [4.78, 5) is 11.8. The lowest BCUT2D eigenvalue weighted by atomic mass is 9.76. The second-order valence-corrected chi connectivity index (χ2v) is 7.33. The van der Waals surface area contributed by atoms with Crippen molar-refractivity contribution in [2.45, 2.75) is 31.3 Å². The van der Waals surface area contributed by atoms with Gasteiger partial charge in [0, 0.05) is 12.4 Å². The number of carbonyl (C=O) groups is 1. The van der Waals surface area contributed by atoms with E-state index >= 15 is 0 Å². The molecule has 0 bridgehead atoms. The zero-order valence-electron chi connectivity index (χ0n) is 12.2. The fourth-order valence-electron chi connectivity index (χ4n) is 3.60. The third-order valence-electron chi connectivity index (χ3n) is 4.78. The molecule has 0 aliphatic carbocycles. The fraction of sp³-hybridized carbons (Fsp3) is 0.588. The van der Waals surface area contributed by atoms with Gasteiger partial charge in [0.15, 0.2) is 0 Å². The van der Waals surface area contributed by atoms with Gasteiger partial charge in [0.05, 0.1) is 11.5 Å². The Morgan fingerprint density at radius 3 is 2.90 bits per heavy atom. The highest BCUT2D eigenvalue weighted by atomic mass is 32.2. The van der Waals surface area contributed by atoms with Gasteiger partial charge in [-0.15, -0.1) is 0 Å². The molecule has 3 rings (SSSR count). The van der Waals surface area contributed by atoms with Crippen LogP contribution in [0.1, 0.15) is 24.8 Å². The van der Waals surface area contributed by atoms with Crippen LogP contribution in [0.5, 0.6) is 0 Å². The van der Waals surface area contributed by atoms with E-state index in [-0.39, 0.29) is 17.4 Å². The van der Waals surface area contributed by atoms with Crippen molar-refractivity contribution in [2.24, 2.45) is 11.8 Å². The van der Waals surface area contributed by atoms with E-state index in [1.165, 1.54) is 0 Å². The Bertz CT molecular complexity index is 482. The van der Waals surface area contributed by atoms with Crippen LogP contribution in [-0.2, 0) is 16.0 Å². The van der Waals surface area contributed by atoms with E-state index in [2.05, 4.69) is 0 Å². The largest absolute Gasteiger partial charge is 0.481 e. The molecule has 114 valence electrons. The molecule has 2 fully saturated rings. The minimum absolute atomic E-state index is 0.0437. The molecule has 2 heterocycles. The molecule has 1 aromatic carbocycles. The van der Waals surface area contributed by atoms with E-state index in [4.69, 9.17) is 4.74 Å². The number of thioether (sulfide) groups is 1. The van der Waals surface area contributed by atoms with Gasteiger partial charge in [0.25, 0.3) is 0 Å². The lowest BCUT2D eigenvalue weighted by molar-refractivity contribution is -0.148. The van der Waals surface area contributed by atoms with Crippen LogP contribution in [0.3, 0.4) is 0 Å². The fourth-order valence-corrected chi connectivity index (χ4v) is 4.97. The zero-order chi connectivity index (χ0) is 14.7. The maximum atomic E-state index is 11.8. The van der Waals surface area contributed by atoms with E-state index < -0.39 is 5.97 Å². The van der Waals surface area contributed by atoms with Gasteiger partial charge < -0.3 is 9.84 Å². The molecule has 0 radical (unpaired) electrons. The highest BCUT2D eigenvalue weighted by Gasteiger charge is 2.43. The summed E-state index contributed by atoms with van der Waals surface area (Å²) < 4.78 is 6.02. The van der Waals surface area contributed by atoms with Crippen molar-refractivity contribution in [1.29, 1.82) is 0 Å². The van der Waals surface area contributed by atoms with Gasteiger partial charge in [0.2, 0.25) is 0 Å². The van der Waals surface area contributed by atoms with Gasteiger partial charge in [-0.2, -0.15) is 11.8 Å². The Morgan fingerprint density at radius 1 is 1.43 bits per heavy atom. The summed E-state index contributed by atoms with van der Waals surface area (Å²) in [5.41, 5.74) is 1.07. The average molecular weight is 306 g/mol. The number of hydrogen-bond donors (Lipinski definition) is 1. The summed E-state index contributed by atoms with van der Waals surface area (Å²) in [6.07, 6.45) is 3.48. The van der Waals surface area contributed by atoms with Gasteiger partial charge in [-0.3, -0.25) is 4.79 Å². The predicted molar refractivity (Wildman–Crippen MR) is 84.6 cm³/mol. The van der Waals surface area contributed by atoms with Gasteiger partial charge in [-0.1, -0.05) is 30.3 Å². The van der Waals surface area contributed by atoms with Gasteiger partial charge in [-0.25, -0.2) is 0 Å². The molecule has 21 heavy (non-hydrogen) atoms. The van der Waals surface area contributed by atoms with Crippen molar-refractivity contribution in [1.82, 2.24) is 0 Å². The normalized spacial score (nSPS) is 30.4. The second-order valence-electron chi connectivity index (χ2n) is 6.22. The average Bonchev–Trinajstić information content (AvgIpc) is 2.93. The van der Waals surface area contributed by atoms with E-state index in [9.17, 15) is 9.90 Å². The molecule has 1 spiro atoms. The molecule has 3 nitrogen and oxygen atoms in total. The van der Waals surface area contributed by atoms with Crippen molar-refractivity contribution in [3.8, 4) is 0 Å². The number of ether oxygens (including phenoxy) is 1. The number of carboxylic acids is 1. The van der Waals surface area contributed by atoms with Crippen LogP contribution >= 0.6 is 11.8 Å². The molecule has 0 amide bonds. The van der Waals surface area contributed by atoms with Crippen LogP contribution in [0.25, 0.3) is 0 Å². The standard InChI is InChI=1S/C17H22O3S/c18-16(19)15(10-13-4-2-1-3-5-13)14-6-8-20-17(11-14)7-9-21-12-17/h1-5,14-15H,6-12H2,(H,18,19). The predicted octanol–water partition coefficient (Wildman–Crippen LogP) is 3.23. The molecule has 4 heteroatoms. The van der Waals surface area contributed by atoms with Crippen LogP contribution < -0.4 is 0 Å². The van der Waals surface area contributed by atoms with Crippen molar-refractivity contribution < 1.29 is 14.6 Å². The summed E-state index contributed by atoms with van der Waals surface area (Å²) in [5.74, 6) is 1.45. The summed E-state index contributed by atoms with van der Waals surface area (Å²) in [7, 11) is 0. The number of benzene rings is 1. The summed E-state index contributed by atoms with van der Waals surface area (Å²) in [6, 6.07) is 9.98. The highest BCUT2D eigenvalue weighted by molar-refractivity contribution is 7.99. The number of carboxylic acid groups (broad SMARTS) is 1. The highest BCUT2D eigenvalue weighted by Crippen LogP contribution is 2.43. The van der Waals surface area contributed by atoms with E-state index in [1.807, 2.05) is 42.1 Å². The molecule has 2 aliphatic heterocycles. The SMILES string of the molecule is O=C(O)C(Cc1ccccc1)C1CCOC2(CCSC2)C1. The Kier molecular flexibility index (Phi) is 4.55. The maximum Gasteiger partial charge on any atom is 0.307 e. The van der Waals surface area contributed by atoms with Crippen LogP contribution in [0.2, 0.25) is 0 Å². The van der Waals surface area contributed by atoms with Gasteiger partial charge in [0.1, 0.15) is 0 Å². The Hall–Kier alpha value is -1.00. The topological polar surface area (TPSA) is 46.5 Å². The monoisotopic (exact) mass is 306 g/mol. The Labute approximate surface area is 130 Å². The number of rotatable bonds is 4. The van der Waals surface area contributed by atoms with E-state index in [0.29, 0.717) is 13.0 Å². The van der Waals surface area contributed by atoms with Crippen LogP contribution in [0.4, 0.5) is 0 Å². The first kappa shape index (κ1) is 14.9. The van der Waals surface area contributed by atoms with Crippen molar-refractivity contribution in [3.63, 3.8) is 0 Å². The second kappa shape index (κ2) is 6.41. The third kappa shape index (κ3) is 3.43. The lowest BCUT2D eigenvalue weighted by Crippen LogP contribution is -2.43. The minimum Gasteiger partial charge on any atom is -0.481 e. The molecule has 3 unspecified atom stereocenters. The van der Waals surface area contributed by atoms with E-state index in [0.717, 1.165) is 36.3 Å². The summed E-state index contributed by atoms with van der Waals surface area (Å²) in [5, 5.41) is 9.67. The molecule has 2 aliphatic rings. The molecule has 0 saturated carbocycles. The van der Waals surface area contributed by atoms with Crippen molar-refractivity contribution in [3.05, 3.63) is 35.9 Å². The zero-order valence-corrected chi connectivity index (χ0v) is 13.0. The quantitative estimate of drug-likeness (QED) is 0.927. The number of hydrogen-bond acceptors (Lipinski definition) is 3. The first-order chi connectivity index (χ1) is 10.2. The summed E-state index contributed by atoms with van der Waals surface area (Å²) >= 11 is 1.93. The smallest absolute Gasteiger partial charge is 0.307 e. The molecular weight excluding hydrogens is 284 g/mol. The van der Waals surface area contributed by atoms with Crippen LogP contribution in [0, 0.1) is 11.8 Å². The lowest BCUT2D eigenvalue weighted by Gasteiger charge is -2.40. The third-order valence-corrected chi connectivity index (χ3v) is 6.01. The maximum absolute atomic E-state index is 11.8. The molecule has 2 saturated heterocycles. The van der Waals surface area contributed by atoms with Crippen LogP contribution in [-0.4, -0.2) is 34.8 Å². The molecule has 1 aromatic rings. The first-order valence-corrected chi connectivity index (χ1v) is 8.82.